The Morgan fingerprint density at radius 1 is 1.14 bits per heavy atom. The van der Waals surface area contributed by atoms with Gasteiger partial charge in [-0.05, 0) is 36.7 Å². The second-order valence-electron chi connectivity index (χ2n) is 13.2. The van der Waals surface area contributed by atoms with E-state index in [9.17, 15) is 14.7 Å². The molecular weight excluding hydrogens is 538 g/mol. The Labute approximate surface area is 250 Å². The number of aliphatic hydroxyl groups excluding tert-OH is 1. The van der Waals surface area contributed by atoms with Gasteiger partial charge in [0, 0.05) is 50.4 Å². The lowest BCUT2D eigenvalue weighted by atomic mass is 9.88. The molecule has 2 N–H and O–H groups in total. The number of fused-ring (bicyclic) bond motifs is 1. The molecule has 0 aromatic heterocycles. The van der Waals surface area contributed by atoms with Crippen LogP contribution in [0.1, 0.15) is 39.2 Å². The van der Waals surface area contributed by atoms with Gasteiger partial charge in [0.2, 0.25) is 0 Å². The molecule has 4 aliphatic rings. The number of nitrogens with zero attached hydrogens (tertiary/aromatic N) is 2. The molecule has 3 saturated heterocycles. The van der Waals surface area contributed by atoms with E-state index in [0.29, 0.717) is 57.7 Å². The molecule has 0 radical (unpaired) electrons. The van der Waals surface area contributed by atoms with Gasteiger partial charge in [-0.2, -0.15) is 0 Å². The number of aliphatic hydroxyl groups is 1. The molecule has 3 amide bonds. The maximum absolute atomic E-state index is 13.7. The minimum Gasteiger partial charge on any atom is -0.445 e. The van der Waals surface area contributed by atoms with Gasteiger partial charge in [-0.25, -0.2) is 9.59 Å². The average molecular weight is 588 g/mol. The van der Waals surface area contributed by atoms with Crippen LogP contribution in [-0.4, -0.2) is 105 Å². The van der Waals surface area contributed by atoms with Gasteiger partial charge in [0.15, 0.2) is 6.29 Å². The first kappa shape index (κ1) is 31.0. The van der Waals surface area contributed by atoms with Gasteiger partial charge in [-0.15, -0.1) is 0 Å². The van der Waals surface area contributed by atoms with E-state index in [-0.39, 0.29) is 48.6 Å². The molecule has 1 saturated carbocycles. The standard InChI is InChI=1S/C32H49N3O7/c1-20(2)14-35(32(38)34-12-8-11-23(15-34)17-39-4)16-27(36)26(13-22-9-6-5-7-10-22)33-31(37)42-29-24-18-40-30-28(21(24)3)25(29)19-41-30/h5-7,9-10,20-21,23-30,36H,8,11-19H2,1-4H3,(H,33,37)/t21-,23?,24?,25?,26-,27+,28?,29?,30?/m0/s1. The molecule has 9 atom stereocenters. The highest BCUT2D eigenvalue weighted by atomic mass is 16.7. The third-order valence-electron chi connectivity index (χ3n) is 9.61. The van der Waals surface area contributed by atoms with Crippen LogP contribution in [0.25, 0.3) is 0 Å². The number of carbonyl (C=O) groups is 2. The zero-order valence-electron chi connectivity index (χ0n) is 25.5. The lowest BCUT2D eigenvalue weighted by Crippen LogP contribution is -2.55. The van der Waals surface area contributed by atoms with Crippen LogP contribution in [-0.2, 0) is 25.4 Å². The quantitative estimate of drug-likeness (QED) is 0.409. The van der Waals surface area contributed by atoms with Crippen LogP contribution >= 0.6 is 0 Å². The summed E-state index contributed by atoms with van der Waals surface area (Å²) in [7, 11) is 1.69. The van der Waals surface area contributed by atoms with Crippen molar-refractivity contribution in [2.45, 2.75) is 64.6 Å². The number of hydrogen-bond acceptors (Lipinski definition) is 7. The molecule has 234 valence electrons. The first-order chi connectivity index (χ1) is 20.2. The van der Waals surface area contributed by atoms with Crippen molar-refractivity contribution in [1.82, 2.24) is 15.1 Å². The van der Waals surface area contributed by atoms with Gasteiger partial charge in [0.1, 0.15) is 6.10 Å². The number of piperidine rings is 1. The zero-order chi connectivity index (χ0) is 29.8. The summed E-state index contributed by atoms with van der Waals surface area (Å²) in [5, 5.41) is 14.6. The number of amides is 3. The minimum absolute atomic E-state index is 0.0763. The lowest BCUT2D eigenvalue weighted by molar-refractivity contribution is -0.183. The largest absolute Gasteiger partial charge is 0.445 e. The maximum atomic E-state index is 13.7. The number of methoxy groups -OCH3 is 1. The fraction of sp³-hybridized carbons (Fsp3) is 0.750. The van der Waals surface area contributed by atoms with Crippen LogP contribution < -0.4 is 5.32 Å². The molecule has 1 aromatic rings. The molecule has 1 aliphatic carbocycles. The summed E-state index contributed by atoms with van der Waals surface area (Å²) < 4.78 is 23.1. The second-order valence-corrected chi connectivity index (χ2v) is 13.2. The summed E-state index contributed by atoms with van der Waals surface area (Å²) in [4.78, 5) is 30.7. The minimum atomic E-state index is -0.996. The number of carbonyl (C=O) groups excluding carboxylic acids is 2. The highest BCUT2D eigenvalue weighted by Gasteiger charge is 2.60. The molecule has 6 unspecified atom stereocenters. The number of nitrogens with one attached hydrogen (secondary N) is 1. The molecule has 5 rings (SSSR count). The molecule has 10 nitrogen and oxygen atoms in total. The lowest BCUT2D eigenvalue weighted by Gasteiger charge is -2.38. The Morgan fingerprint density at radius 2 is 1.88 bits per heavy atom. The Kier molecular flexibility index (Phi) is 10.3. The molecule has 10 heteroatoms. The van der Waals surface area contributed by atoms with Gasteiger partial charge in [0.05, 0.1) is 38.5 Å². The summed E-state index contributed by atoms with van der Waals surface area (Å²) in [5.74, 6) is 1.37. The second kappa shape index (κ2) is 13.9. The van der Waals surface area contributed by atoms with Crippen molar-refractivity contribution < 1.29 is 33.6 Å². The number of likely N-dealkylation sites (tertiary alicyclic amines) is 1. The first-order valence-electron chi connectivity index (χ1n) is 15.7. The van der Waals surface area contributed by atoms with E-state index < -0.39 is 18.2 Å². The predicted octanol–water partition coefficient (Wildman–Crippen LogP) is 3.37. The number of benzene rings is 1. The number of urea groups is 1. The van der Waals surface area contributed by atoms with Crippen LogP contribution in [0.15, 0.2) is 30.3 Å². The van der Waals surface area contributed by atoms with Gasteiger partial charge in [0.25, 0.3) is 0 Å². The van der Waals surface area contributed by atoms with Crippen molar-refractivity contribution in [2.24, 2.45) is 35.5 Å². The van der Waals surface area contributed by atoms with Gasteiger partial charge in [-0.3, -0.25) is 0 Å². The normalized spacial score (nSPS) is 31.6. The first-order valence-corrected chi connectivity index (χ1v) is 15.7. The van der Waals surface area contributed by atoms with Crippen molar-refractivity contribution in [1.29, 1.82) is 0 Å². The van der Waals surface area contributed by atoms with Crippen molar-refractivity contribution in [2.75, 3.05) is 53.1 Å². The van der Waals surface area contributed by atoms with E-state index in [1.54, 1.807) is 12.0 Å². The molecule has 3 aliphatic heterocycles. The van der Waals surface area contributed by atoms with Gasteiger partial charge >= 0.3 is 12.1 Å². The predicted molar refractivity (Wildman–Crippen MR) is 157 cm³/mol. The fourth-order valence-electron chi connectivity index (χ4n) is 7.57. The van der Waals surface area contributed by atoms with Crippen molar-refractivity contribution in [3.8, 4) is 0 Å². The third kappa shape index (κ3) is 7.04. The molecule has 3 heterocycles. The average Bonchev–Trinajstić information content (AvgIpc) is 3.46. The summed E-state index contributed by atoms with van der Waals surface area (Å²) in [6, 6.07) is 9.04. The van der Waals surface area contributed by atoms with Gasteiger partial charge < -0.3 is 39.2 Å². The molecule has 4 fully saturated rings. The fourth-order valence-corrected chi connectivity index (χ4v) is 7.57. The zero-order valence-corrected chi connectivity index (χ0v) is 25.5. The Hall–Kier alpha value is -2.40. The highest BCUT2D eigenvalue weighted by Crippen LogP contribution is 2.52. The topological polar surface area (TPSA) is 110 Å². The third-order valence-corrected chi connectivity index (χ3v) is 9.61. The Bertz CT molecular complexity index is 1040. The van der Waals surface area contributed by atoms with Crippen LogP contribution in [0.3, 0.4) is 0 Å². The monoisotopic (exact) mass is 587 g/mol. The Morgan fingerprint density at radius 3 is 2.60 bits per heavy atom. The highest BCUT2D eigenvalue weighted by molar-refractivity contribution is 5.74. The SMILES string of the molecule is COCC1CCCN(C(=O)N(CC(C)C)C[C@@H](O)[C@H](Cc2ccccc2)NC(=O)OC2C3COC4OCC2[C@H](C)C43)C1. The number of alkyl carbamates (subject to hydrolysis) is 1. The van der Waals surface area contributed by atoms with Crippen LogP contribution in [0.4, 0.5) is 9.59 Å². The molecule has 1 aromatic carbocycles. The van der Waals surface area contributed by atoms with Crippen LogP contribution in [0.2, 0.25) is 0 Å². The summed E-state index contributed by atoms with van der Waals surface area (Å²) in [5.41, 5.74) is 0.979. The molecule has 0 spiro atoms. The number of hydrogen-bond donors (Lipinski definition) is 2. The van der Waals surface area contributed by atoms with Crippen LogP contribution in [0.5, 0.6) is 0 Å². The summed E-state index contributed by atoms with van der Waals surface area (Å²) in [6.07, 6.45) is 0.334. The molecular formula is C32H49N3O7. The Balaban J connectivity index is 1.27. The van der Waals surface area contributed by atoms with Crippen molar-refractivity contribution in [3.05, 3.63) is 35.9 Å². The summed E-state index contributed by atoms with van der Waals surface area (Å²) in [6.45, 7) is 9.94. The smallest absolute Gasteiger partial charge is 0.407 e. The van der Waals surface area contributed by atoms with E-state index in [0.717, 1.165) is 18.4 Å². The number of ether oxygens (including phenoxy) is 4. The van der Waals surface area contributed by atoms with E-state index in [2.05, 4.69) is 26.1 Å². The van der Waals surface area contributed by atoms with Crippen molar-refractivity contribution >= 4 is 12.1 Å². The van der Waals surface area contributed by atoms with E-state index in [1.165, 1.54) is 0 Å². The van der Waals surface area contributed by atoms with Gasteiger partial charge in [-0.1, -0.05) is 51.1 Å². The van der Waals surface area contributed by atoms with E-state index >= 15 is 0 Å². The molecule has 42 heavy (non-hydrogen) atoms. The van der Waals surface area contributed by atoms with Crippen molar-refractivity contribution in [3.63, 3.8) is 0 Å². The van der Waals surface area contributed by atoms with E-state index in [1.807, 2.05) is 35.2 Å². The number of rotatable bonds is 11. The maximum Gasteiger partial charge on any atom is 0.407 e. The van der Waals surface area contributed by atoms with Crippen LogP contribution in [0, 0.1) is 35.5 Å². The van der Waals surface area contributed by atoms with E-state index in [4.69, 9.17) is 18.9 Å². The molecule has 2 bridgehead atoms. The summed E-state index contributed by atoms with van der Waals surface area (Å²) >= 11 is 0.